The first-order chi connectivity index (χ1) is 15.7. The van der Waals surface area contributed by atoms with E-state index in [2.05, 4.69) is 22.1 Å². The lowest BCUT2D eigenvalue weighted by Gasteiger charge is -2.15. The van der Waals surface area contributed by atoms with E-state index < -0.39 is 47.4 Å². The molecular formula is C21H19N3O8S2. The van der Waals surface area contributed by atoms with Crippen LogP contribution in [0.15, 0.2) is 74.6 Å². The second-order valence-electron chi connectivity index (χ2n) is 7.36. The first kappa shape index (κ1) is 25.0. The van der Waals surface area contributed by atoms with E-state index >= 15 is 0 Å². The predicted octanol–water partition coefficient (Wildman–Crippen LogP) is 4.28. The van der Waals surface area contributed by atoms with Crippen LogP contribution in [0.25, 0.3) is 10.8 Å². The highest BCUT2D eigenvalue weighted by molar-refractivity contribution is 7.86. The normalized spacial score (nSPS) is 12.2. The Hall–Kier alpha value is -3.65. The Kier molecular flexibility index (Phi) is 6.57. The van der Waals surface area contributed by atoms with Gasteiger partial charge in [-0.3, -0.25) is 13.9 Å². The van der Waals surface area contributed by atoms with E-state index in [4.69, 9.17) is 0 Å². The summed E-state index contributed by atoms with van der Waals surface area (Å²) in [5, 5.41) is 20.5. The van der Waals surface area contributed by atoms with Gasteiger partial charge in [0, 0.05) is 11.0 Å². The van der Waals surface area contributed by atoms with Crippen LogP contribution in [-0.2, 0) is 25.0 Å². The van der Waals surface area contributed by atoms with Crippen molar-refractivity contribution in [2.75, 3.05) is 5.32 Å². The minimum absolute atomic E-state index is 0.0405. The SMILES string of the molecule is C=C(C)C(=O)Nc1cc(S(=O)(=O)O)cc2cc(S(=O)(=O)O)c(N=Nc3ccc(C)cc3)c(O)c12. The van der Waals surface area contributed by atoms with Crippen LogP contribution in [0.4, 0.5) is 17.1 Å². The standard InChI is InChI=1S/C21H19N3O8S2/c1-11(2)21(26)22-16-10-15(33(27,28)29)8-13-9-17(34(30,31)32)19(20(25)18(13)16)24-23-14-6-4-12(3)5-7-14/h4-10,25H,1H2,2-3H3,(H,22,26)(H,27,28,29)(H,30,31,32). The molecule has 0 radical (unpaired) electrons. The lowest BCUT2D eigenvalue weighted by Crippen LogP contribution is -2.13. The summed E-state index contributed by atoms with van der Waals surface area (Å²) >= 11 is 0. The van der Waals surface area contributed by atoms with Crippen LogP contribution in [0, 0.1) is 6.92 Å². The van der Waals surface area contributed by atoms with Gasteiger partial charge in [0.1, 0.15) is 10.6 Å². The number of azo groups is 1. The number of fused-ring (bicyclic) bond motifs is 1. The maximum atomic E-state index is 12.2. The molecule has 0 aliphatic carbocycles. The predicted molar refractivity (Wildman–Crippen MR) is 124 cm³/mol. The number of anilines is 1. The van der Waals surface area contributed by atoms with Crippen molar-refractivity contribution in [3.63, 3.8) is 0 Å². The van der Waals surface area contributed by atoms with Gasteiger partial charge >= 0.3 is 0 Å². The van der Waals surface area contributed by atoms with E-state index in [0.29, 0.717) is 5.69 Å². The number of nitrogens with one attached hydrogen (secondary N) is 1. The molecule has 3 aromatic carbocycles. The molecule has 13 heteroatoms. The van der Waals surface area contributed by atoms with E-state index in [1.165, 1.54) is 6.92 Å². The number of rotatable bonds is 6. The summed E-state index contributed by atoms with van der Waals surface area (Å²) in [7, 11) is -9.79. The van der Waals surface area contributed by atoms with Crippen LogP contribution in [-0.4, -0.2) is 37.0 Å². The zero-order chi connectivity index (χ0) is 25.4. The molecule has 1 amide bonds. The lowest BCUT2D eigenvalue weighted by atomic mass is 10.1. The molecule has 0 aromatic heterocycles. The minimum Gasteiger partial charge on any atom is -0.505 e. The molecule has 11 nitrogen and oxygen atoms in total. The van der Waals surface area contributed by atoms with Gasteiger partial charge in [0.2, 0.25) is 0 Å². The quantitative estimate of drug-likeness (QED) is 0.217. The maximum Gasteiger partial charge on any atom is 0.296 e. The summed E-state index contributed by atoms with van der Waals surface area (Å²) in [6.45, 7) is 6.69. The number of hydrogen-bond acceptors (Lipinski definition) is 8. The summed E-state index contributed by atoms with van der Waals surface area (Å²) in [6.07, 6.45) is 0. The number of aryl methyl sites for hydroxylation is 1. The van der Waals surface area contributed by atoms with Crippen molar-refractivity contribution in [3.8, 4) is 5.75 Å². The van der Waals surface area contributed by atoms with Gasteiger partial charge in [-0.05, 0) is 49.6 Å². The molecule has 0 unspecified atom stereocenters. The number of phenols is 1. The Balaban J connectivity index is 2.39. The Bertz CT molecular complexity index is 1580. The average molecular weight is 506 g/mol. The molecule has 34 heavy (non-hydrogen) atoms. The molecule has 4 N–H and O–H groups in total. The highest BCUT2D eigenvalue weighted by atomic mass is 32.2. The topological polar surface area (TPSA) is 183 Å². The van der Waals surface area contributed by atoms with Gasteiger partial charge in [0.25, 0.3) is 26.1 Å². The van der Waals surface area contributed by atoms with Crippen LogP contribution < -0.4 is 5.32 Å². The fourth-order valence-corrected chi connectivity index (χ4v) is 4.15. The number of carbonyl (C=O) groups excluding carboxylic acids is 1. The molecule has 178 valence electrons. The smallest absolute Gasteiger partial charge is 0.296 e. The van der Waals surface area contributed by atoms with Crippen molar-refractivity contribution >= 4 is 54.0 Å². The van der Waals surface area contributed by atoms with Crippen LogP contribution in [0.1, 0.15) is 12.5 Å². The number of amides is 1. The minimum atomic E-state index is -4.98. The Morgan fingerprint density at radius 2 is 1.59 bits per heavy atom. The summed E-state index contributed by atoms with van der Waals surface area (Å²) in [6, 6.07) is 9.17. The second kappa shape index (κ2) is 8.95. The van der Waals surface area contributed by atoms with Gasteiger partial charge in [0.15, 0.2) is 5.75 Å². The molecule has 0 bridgehead atoms. The van der Waals surface area contributed by atoms with Crippen molar-refractivity contribution in [1.82, 2.24) is 0 Å². The third-order valence-corrected chi connectivity index (χ3v) is 6.33. The van der Waals surface area contributed by atoms with Crippen LogP contribution in [0.2, 0.25) is 0 Å². The molecule has 0 atom stereocenters. The van der Waals surface area contributed by atoms with Crippen LogP contribution in [0.3, 0.4) is 0 Å². The largest absolute Gasteiger partial charge is 0.505 e. The van der Waals surface area contributed by atoms with Crippen molar-refractivity contribution in [3.05, 3.63) is 60.2 Å². The molecule has 0 aliphatic rings. The van der Waals surface area contributed by atoms with E-state index in [0.717, 1.165) is 23.8 Å². The molecule has 0 heterocycles. The summed E-state index contributed by atoms with van der Waals surface area (Å²) in [5.74, 6) is -1.56. The number of carbonyl (C=O) groups is 1. The van der Waals surface area contributed by atoms with E-state index in [-0.39, 0.29) is 22.0 Å². The number of aromatic hydroxyl groups is 1. The van der Waals surface area contributed by atoms with E-state index in [1.807, 2.05) is 6.92 Å². The molecular weight excluding hydrogens is 486 g/mol. The third-order valence-electron chi connectivity index (χ3n) is 4.63. The van der Waals surface area contributed by atoms with Gasteiger partial charge in [-0.15, -0.1) is 5.11 Å². The van der Waals surface area contributed by atoms with E-state index in [1.54, 1.807) is 24.3 Å². The highest BCUT2D eigenvalue weighted by Crippen LogP contribution is 2.45. The molecule has 3 aromatic rings. The molecule has 0 saturated heterocycles. The summed E-state index contributed by atoms with van der Waals surface area (Å²) in [4.78, 5) is 10.6. The van der Waals surface area contributed by atoms with Crippen molar-refractivity contribution in [2.24, 2.45) is 10.2 Å². The molecule has 0 spiro atoms. The first-order valence-corrected chi connectivity index (χ1v) is 12.3. The first-order valence-electron chi connectivity index (χ1n) is 9.42. The van der Waals surface area contributed by atoms with Gasteiger partial charge in [-0.2, -0.15) is 21.9 Å². The molecule has 0 saturated carbocycles. The van der Waals surface area contributed by atoms with Crippen molar-refractivity contribution < 1.29 is 35.8 Å². The fourth-order valence-electron chi connectivity index (χ4n) is 2.95. The Morgan fingerprint density at radius 3 is 2.12 bits per heavy atom. The fraction of sp³-hybridized carbons (Fsp3) is 0.0952. The van der Waals surface area contributed by atoms with E-state index in [9.17, 15) is 35.8 Å². The second-order valence-corrected chi connectivity index (χ2v) is 10.2. The summed E-state index contributed by atoms with van der Waals surface area (Å²) in [5.41, 5.74) is 0.339. The van der Waals surface area contributed by atoms with Gasteiger partial charge in [-0.1, -0.05) is 24.3 Å². The highest BCUT2D eigenvalue weighted by Gasteiger charge is 2.26. The zero-order valence-corrected chi connectivity index (χ0v) is 19.5. The number of benzene rings is 3. The van der Waals surface area contributed by atoms with Crippen molar-refractivity contribution in [1.29, 1.82) is 0 Å². The van der Waals surface area contributed by atoms with Crippen LogP contribution >= 0.6 is 0 Å². The zero-order valence-electron chi connectivity index (χ0n) is 17.8. The number of phenolic OH excluding ortho intramolecular Hbond substituents is 1. The molecule has 0 aliphatic heterocycles. The Morgan fingerprint density at radius 1 is 0.971 bits per heavy atom. The Labute approximate surface area is 195 Å². The number of nitrogens with zero attached hydrogens (tertiary/aromatic N) is 2. The van der Waals surface area contributed by atoms with Crippen LogP contribution in [0.5, 0.6) is 5.75 Å². The third kappa shape index (κ3) is 5.28. The monoisotopic (exact) mass is 505 g/mol. The van der Waals surface area contributed by atoms with Gasteiger partial charge in [0.05, 0.1) is 16.3 Å². The lowest BCUT2D eigenvalue weighted by molar-refractivity contribution is -0.112. The maximum absolute atomic E-state index is 12.2. The number of hydrogen-bond donors (Lipinski definition) is 4. The molecule has 3 rings (SSSR count). The van der Waals surface area contributed by atoms with Gasteiger partial charge in [-0.25, -0.2) is 0 Å². The summed E-state index contributed by atoms with van der Waals surface area (Å²) < 4.78 is 66.7. The average Bonchev–Trinajstić information content (AvgIpc) is 2.72. The molecule has 0 fully saturated rings. The van der Waals surface area contributed by atoms with Crippen molar-refractivity contribution in [2.45, 2.75) is 23.6 Å². The van der Waals surface area contributed by atoms with Gasteiger partial charge < -0.3 is 10.4 Å².